The van der Waals surface area contributed by atoms with Gasteiger partial charge in [-0.1, -0.05) is 19.1 Å². The van der Waals surface area contributed by atoms with Crippen LogP contribution in [-0.4, -0.2) is 31.1 Å². The average molecular weight is 278 g/mol. The fraction of sp³-hybridized carbons (Fsp3) is 0.625. The Bertz CT molecular complexity index is 406. The molecule has 0 saturated carbocycles. The molecule has 0 spiro atoms. The SMILES string of the molecule is CCSCC(C)NCc1ccc2c(c1)CCCN2C. The second kappa shape index (κ2) is 7.20. The molecule has 1 atom stereocenters. The number of aryl methyl sites for hydroxylation is 1. The summed E-state index contributed by atoms with van der Waals surface area (Å²) in [4.78, 5) is 2.37. The monoisotopic (exact) mass is 278 g/mol. The van der Waals surface area contributed by atoms with E-state index in [4.69, 9.17) is 0 Å². The quantitative estimate of drug-likeness (QED) is 0.859. The van der Waals surface area contributed by atoms with Gasteiger partial charge < -0.3 is 10.2 Å². The van der Waals surface area contributed by atoms with Crippen LogP contribution >= 0.6 is 11.8 Å². The Hall–Kier alpha value is -0.670. The lowest BCUT2D eigenvalue weighted by Crippen LogP contribution is -2.28. The summed E-state index contributed by atoms with van der Waals surface area (Å²) < 4.78 is 0. The van der Waals surface area contributed by atoms with E-state index in [0.29, 0.717) is 6.04 Å². The Labute approximate surface area is 122 Å². The molecule has 0 radical (unpaired) electrons. The summed E-state index contributed by atoms with van der Waals surface area (Å²) in [5, 5.41) is 3.62. The molecule has 1 aromatic rings. The van der Waals surface area contributed by atoms with Crippen molar-refractivity contribution < 1.29 is 0 Å². The Morgan fingerprint density at radius 2 is 2.26 bits per heavy atom. The maximum Gasteiger partial charge on any atom is 0.0396 e. The molecule has 2 rings (SSSR count). The van der Waals surface area contributed by atoms with Crippen LogP contribution in [0.15, 0.2) is 18.2 Å². The van der Waals surface area contributed by atoms with Crippen LogP contribution in [0.4, 0.5) is 5.69 Å². The maximum atomic E-state index is 3.62. The first-order chi connectivity index (χ1) is 9.20. The number of rotatable bonds is 6. The lowest BCUT2D eigenvalue weighted by molar-refractivity contribution is 0.595. The average Bonchev–Trinajstić information content (AvgIpc) is 2.43. The van der Waals surface area contributed by atoms with Gasteiger partial charge in [0.05, 0.1) is 0 Å². The summed E-state index contributed by atoms with van der Waals surface area (Å²) in [5.74, 6) is 2.40. The van der Waals surface area contributed by atoms with Gasteiger partial charge in [0.25, 0.3) is 0 Å². The van der Waals surface area contributed by atoms with E-state index in [1.54, 1.807) is 0 Å². The first-order valence-corrected chi connectivity index (χ1v) is 8.50. The standard InChI is InChI=1S/C16H26N2S/c1-4-19-12-13(2)17-11-14-7-8-16-15(10-14)6-5-9-18(16)3/h7-8,10,13,17H,4-6,9,11-12H2,1-3H3. The number of anilines is 1. The molecule has 0 amide bonds. The molecule has 0 fully saturated rings. The third-order valence-corrected chi connectivity index (χ3v) is 4.87. The van der Waals surface area contributed by atoms with Gasteiger partial charge in [-0.15, -0.1) is 0 Å². The molecule has 1 aromatic carbocycles. The molecule has 0 aromatic heterocycles. The van der Waals surface area contributed by atoms with Crippen LogP contribution in [0.2, 0.25) is 0 Å². The predicted molar refractivity (Wildman–Crippen MR) is 87.3 cm³/mol. The lowest BCUT2D eigenvalue weighted by atomic mass is 9.99. The number of fused-ring (bicyclic) bond motifs is 1. The fourth-order valence-electron chi connectivity index (χ4n) is 2.59. The van der Waals surface area contributed by atoms with Crippen LogP contribution in [0.1, 0.15) is 31.4 Å². The second-order valence-corrected chi connectivity index (χ2v) is 6.75. The first kappa shape index (κ1) is 14.7. The molecule has 1 aliphatic rings. The normalized spacial score (nSPS) is 16.3. The molecule has 1 N–H and O–H groups in total. The zero-order valence-corrected chi connectivity index (χ0v) is 13.2. The minimum Gasteiger partial charge on any atom is -0.374 e. The van der Waals surface area contributed by atoms with Crippen molar-refractivity contribution in [3.63, 3.8) is 0 Å². The van der Waals surface area contributed by atoms with Crippen LogP contribution in [0, 0.1) is 0 Å². The van der Waals surface area contributed by atoms with E-state index in [2.05, 4.69) is 49.3 Å². The zero-order valence-electron chi connectivity index (χ0n) is 12.4. The Balaban J connectivity index is 1.91. The number of thioether (sulfide) groups is 1. The third kappa shape index (κ3) is 4.15. The summed E-state index contributed by atoms with van der Waals surface area (Å²) in [7, 11) is 2.19. The lowest BCUT2D eigenvalue weighted by Gasteiger charge is -2.28. The van der Waals surface area contributed by atoms with Crippen molar-refractivity contribution >= 4 is 17.4 Å². The molecule has 19 heavy (non-hydrogen) atoms. The van der Waals surface area contributed by atoms with Crippen molar-refractivity contribution in [1.82, 2.24) is 5.32 Å². The molecule has 0 bridgehead atoms. The largest absolute Gasteiger partial charge is 0.374 e. The highest BCUT2D eigenvalue weighted by molar-refractivity contribution is 7.99. The maximum absolute atomic E-state index is 3.62. The molecule has 0 aliphatic carbocycles. The van der Waals surface area contributed by atoms with Crippen LogP contribution in [0.25, 0.3) is 0 Å². The predicted octanol–water partition coefficient (Wildman–Crippen LogP) is 3.30. The highest BCUT2D eigenvalue weighted by Crippen LogP contribution is 2.26. The van der Waals surface area contributed by atoms with Crippen molar-refractivity contribution in [2.24, 2.45) is 0 Å². The number of benzene rings is 1. The van der Waals surface area contributed by atoms with Gasteiger partial charge in [-0.2, -0.15) is 11.8 Å². The minimum absolute atomic E-state index is 0.587. The summed E-state index contributed by atoms with van der Waals surface area (Å²) in [5.41, 5.74) is 4.36. The van der Waals surface area contributed by atoms with E-state index in [1.807, 2.05) is 11.8 Å². The smallest absolute Gasteiger partial charge is 0.0396 e. The van der Waals surface area contributed by atoms with Crippen molar-refractivity contribution in [2.45, 2.75) is 39.3 Å². The molecule has 3 heteroatoms. The summed E-state index contributed by atoms with van der Waals surface area (Å²) in [6, 6.07) is 7.53. The Kier molecular flexibility index (Phi) is 5.59. The van der Waals surface area contributed by atoms with Crippen molar-refractivity contribution in [2.75, 3.05) is 30.0 Å². The number of nitrogens with one attached hydrogen (secondary N) is 1. The number of nitrogens with zero attached hydrogens (tertiary/aromatic N) is 1. The number of hydrogen-bond acceptors (Lipinski definition) is 3. The van der Waals surface area contributed by atoms with Crippen LogP contribution in [-0.2, 0) is 13.0 Å². The summed E-state index contributed by atoms with van der Waals surface area (Å²) in [6.07, 6.45) is 2.51. The van der Waals surface area contributed by atoms with Gasteiger partial charge in [0, 0.05) is 37.6 Å². The molecular weight excluding hydrogens is 252 g/mol. The van der Waals surface area contributed by atoms with E-state index in [-0.39, 0.29) is 0 Å². The van der Waals surface area contributed by atoms with E-state index in [0.717, 1.165) is 6.54 Å². The zero-order chi connectivity index (χ0) is 13.7. The second-order valence-electron chi connectivity index (χ2n) is 5.43. The molecular formula is C16H26N2S. The van der Waals surface area contributed by atoms with E-state index >= 15 is 0 Å². The molecule has 1 unspecified atom stereocenters. The Morgan fingerprint density at radius 1 is 1.42 bits per heavy atom. The van der Waals surface area contributed by atoms with E-state index < -0.39 is 0 Å². The van der Waals surface area contributed by atoms with Gasteiger partial charge >= 0.3 is 0 Å². The van der Waals surface area contributed by atoms with Crippen molar-refractivity contribution in [1.29, 1.82) is 0 Å². The third-order valence-electron chi connectivity index (χ3n) is 3.72. The number of hydrogen-bond donors (Lipinski definition) is 1. The van der Waals surface area contributed by atoms with E-state index in [1.165, 1.54) is 47.7 Å². The van der Waals surface area contributed by atoms with E-state index in [9.17, 15) is 0 Å². The van der Waals surface area contributed by atoms with Crippen LogP contribution < -0.4 is 10.2 Å². The highest BCUT2D eigenvalue weighted by atomic mass is 32.2. The fourth-order valence-corrected chi connectivity index (χ4v) is 3.30. The molecule has 1 heterocycles. The summed E-state index contributed by atoms with van der Waals surface area (Å²) in [6.45, 7) is 6.67. The van der Waals surface area contributed by atoms with Gasteiger partial charge in [-0.25, -0.2) is 0 Å². The van der Waals surface area contributed by atoms with Gasteiger partial charge in [0.2, 0.25) is 0 Å². The molecule has 0 saturated heterocycles. The van der Waals surface area contributed by atoms with Gasteiger partial charge in [0.1, 0.15) is 0 Å². The molecule has 1 aliphatic heterocycles. The minimum atomic E-state index is 0.587. The van der Waals surface area contributed by atoms with Gasteiger partial charge in [-0.05, 0) is 42.7 Å². The Morgan fingerprint density at radius 3 is 3.05 bits per heavy atom. The van der Waals surface area contributed by atoms with Crippen molar-refractivity contribution in [3.05, 3.63) is 29.3 Å². The summed E-state index contributed by atoms with van der Waals surface area (Å²) >= 11 is 2.01. The molecule has 2 nitrogen and oxygen atoms in total. The van der Waals surface area contributed by atoms with Gasteiger partial charge in [0.15, 0.2) is 0 Å². The highest BCUT2D eigenvalue weighted by Gasteiger charge is 2.13. The van der Waals surface area contributed by atoms with Crippen LogP contribution in [0.5, 0.6) is 0 Å². The van der Waals surface area contributed by atoms with Crippen LogP contribution in [0.3, 0.4) is 0 Å². The van der Waals surface area contributed by atoms with Gasteiger partial charge in [-0.3, -0.25) is 0 Å². The first-order valence-electron chi connectivity index (χ1n) is 7.34. The van der Waals surface area contributed by atoms with Crippen molar-refractivity contribution in [3.8, 4) is 0 Å². The molecule has 106 valence electrons. The topological polar surface area (TPSA) is 15.3 Å².